The Morgan fingerprint density at radius 2 is 1.94 bits per heavy atom. The Balaban J connectivity index is 1.72. The number of benzene rings is 2. The van der Waals surface area contributed by atoms with Crippen LogP contribution in [0.2, 0.25) is 0 Å². The number of allylic oxidation sites excluding steroid dienone is 3. The van der Waals surface area contributed by atoms with E-state index < -0.39 is 5.92 Å². The van der Waals surface area contributed by atoms with Crippen LogP contribution in [0, 0.1) is 11.3 Å². The third kappa shape index (κ3) is 3.75. The lowest BCUT2D eigenvalue weighted by molar-refractivity contribution is -0.116. The number of rotatable bonds is 5. The Hall–Kier alpha value is -3.72. The Labute approximate surface area is 182 Å². The van der Waals surface area contributed by atoms with Gasteiger partial charge in [0, 0.05) is 24.7 Å². The molecule has 0 bridgehead atoms. The van der Waals surface area contributed by atoms with Gasteiger partial charge in [-0.1, -0.05) is 36.4 Å². The van der Waals surface area contributed by atoms with Crippen molar-refractivity contribution in [1.82, 2.24) is 4.90 Å². The lowest BCUT2D eigenvalue weighted by Crippen LogP contribution is -2.36. The molecule has 0 saturated heterocycles. The van der Waals surface area contributed by atoms with Crippen molar-refractivity contribution in [2.24, 2.45) is 5.73 Å². The zero-order chi connectivity index (χ0) is 22.0. The highest BCUT2D eigenvalue weighted by atomic mass is 16.5. The summed E-state index contributed by atoms with van der Waals surface area (Å²) in [4.78, 5) is 14.7. The van der Waals surface area contributed by atoms with Crippen molar-refractivity contribution < 1.29 is 14.3 Å². The molecule has 2 N–H and O–H groups in total. The van der Waals surface area contributed by atoms with Crippen LogP contribution in [0.3, 0.4) is 0 Å². The molecule has 0 spiro atoms. The monoisotopic (exact) mass is 415 g/mol. The fourth-order valence-electron chi connectivity index (χ4n) is 4.31. The molecular weight excluding hydrogens is 390 g/mol. The highest BCUT2D eigenvalue weighted by Gasteiger charge is 2.38. The van der Waals surface area contributed by atoms with Gasteiger partial charge in [0.2, 0.25) is 0 Å². The first-order valence-electron chi connectivity index (χ1n) is 10.3. The normalized spacial score (nSPS) is 18.5. The molecule has 0 amide bonds. The van der Waals surface area contributed by atoms with Gasteiger partial charge in [-0.3, -0.25) is 4.79 Å². The number of hydrogen-bond acceptors (Lipinski definition) is 6. The van der Waals surface area contributed by atoms with Crippen molar-refractivity contribution in [1.29, 1.82) is 5.26 Å². The average Bonchev–Trinajstić information content (AvgIpc) is 2.80. The van der Waals surface area contributed by atoms with Crippen molar-refractivity contribution in [2.45, 2.75) is 31.8 Å². The summed E-state index contributed by atoms with van der Waals surface area (Å²) in [6.45, 7) is 0.412. The highest BCUT2D eigenvalue weighted by Crippen LogP contribution is 2.45. The van der Waals surface area contributed by atoms with Crippen LogP contribution in [0.15, 0.2) is 71.2 Å². The van der Waals surface area contributed by atoms with Gasteiger partial charge in [-0.15, -0.1) is 0 Å². The number of ketones is 1. The molecule has 2 aromatic carbocycles. The number of carbonyl (C=O) groups excluding carboxylic acids is 1. The summed E-state index contributed by atoms with van der Waals surface area (Å²) < 4.78 is 11.5. The van der Waals surface area contributed by atoms with Gasteiger partial charge in [-0.25, -0.2) is 0 Å². The maximum absolute atomic E-state index is 12.9. The highest BCUT2D eigenvalue weighted by molar-refractivity contribution is 5.99. The van der Waals surface area contributed by atoms with Crippen LogP contribution < -0.4 is 15.2 Å². The minimum atomic E-state index is -0.499. The van der Waals surface area contributed by atoms with E-state index in [0.29, 0.717) is 41.5 Å². The fourth-order valence-corrected chi connectivity index (χ4v) is 4.31. The number of carbonyl (C=O) groups is 1. The average molecular weight is 415 g/mol. The molecule has 1 aliphatic heterocycles. The van der Waals surface area contributed by atoms with Gasteiger partial charge < -0.3 is 20.1 Å². The van der Waals surface area contributed by atoms with Crippen LogP contribution in [0.1, 0.15) is 36.3 Å². The maximum atomic E-state index is 12.9. The van der Waals surface area contributed by atoms with Gasteiger partial charge in [-0.2, -0.15) is 5.26 Å². The molecule has 0 aromatic heterocycles. The van der Waals surface area contributed by atoms with E-state index >= 15 is 0 Å². The topological polar surface area (TPSA) is 88.6 Å². The summed E-state index contributed by atoms with van der Waals surface area (Å²) >= 11 is 0. The van der Waals surface area contributed by atoms with E-state index in [1.165, 1.54) is 0 Å². The Kier molecular flexibility index (Phi) is 5.68. The molecular formula is C25H25N3O3. The molecule has 1 heterocycles. The summed E-state index contributed by atoms with van der Waals surface area (Å²) in [7, 11) is 3.40. The summed E-state index contributed by atoms with van der Waals surface area (Å²) in [5.41, 5.74) is 10.1. The number of nitrogens with two attached hydrogens (primary N) is 1. The first-order valence-corrected chi connectivity index (χ1v) is 10.3. The standard InChI is InChI=1S/C25H25N3O3/c1-28-19-9-6-10-20(29)24(19)23(18(14-26)25(28)27)17-11-12-21(22(13-17)30-2)31-15-16-7-4-3-5-8-16/h3-5,7-8,11-13,23H,6,9-10,15,27H2,1-2H3/t23-/m0/s1. The van der Waals surface area contributed by atoms with Crippen molar-refractivity contribution in [3.63, 3.8) is 0 Å². The van der Waals surface area contributed by atoms with E-state index in [1.54, 1.807) is 12.0 Å². The Morgan fingerprint density at radius 3 is 2.65 bits per heavy atom. The molecule has 4 rings (SSSR count). The number of nitrogens with zero attached hydrogens (tertiary/aromatic N) is 2. The van der Waals surface area contributed by atoms with Gasteiger partial charge in [-0.05, 0) is 36.1 Å². The number of Topliss-reactive ketones (excluding diaryl/α,β-unsaturated/α-hetero) is 1. The first kappa shape index (κ1) is 20.5. The second-order valence-corrected chi connectivity index (χ2v) is 7.72. The van der Waals surface area contributed by atoms with Crippen LogP contribution in [0.4, 0.5) is 0 Å². The third-order valence-electron chi connectivity index (χ3n) is 5.93. The second kappa shape index (κ2) is 8.57. The van der Waals surface area contributed by atoms with Crippen LogP contribution >= 0.6 is 0 Å². The van der Waals surface area contributed by atoms with Crippen LogP contribution in [0.25, 0.3) is 0 Å². The first-order chi connectivity index (χ1) is 15.0. The predicted octanol–water partition coefficient (Wildman–Crippen LogP) is 4.00. The van der Waals surface area contributed by atoms with Crippen molar-refractivity contribution in [3.8, 4) is 17.6 Å². The number of methoxy groups -OCH3 is 1. The molecule has 31 heavy (non-hydrogen) atoms. The summed E-state index contributed by atoms with van der Waals surface area (Å²) in [5.74, 6) is 1.11. The molecule has 0 radical (unpaired) electrons. The number of nitriles is 1. The molecule has 6 heteroatoms. The molecule has 2 aliphatic rings. The van der Waals surface area contributed by atoms with Crippen LogP contribution in [-0.2, 0) is 11.4 Å². The zero-order valence-electron chi connectivity index (χ0n) is 17.7. The van der Waals surface area contributed by atoms with Crippen molar-refractivity contribution in [2.75, 3.05) is 14.2 Å². The van der Waals surface area contributed by atoms with Gasteiger partial charge >= 0.3 is 0 Å². The van der Waals surface area contributed by atoms with E-state index in [2.05, 4.69) is 6.07 Å². The van der Waals surface area contributed by atoms with Gasteiger partial charge in [0.05, 0.1) is 24.7 Å². The number of hydrogen-bond donors (Lipinski definition) is 1. The van der Waals surface area contributed by atoms with E-state index in [0.717, 1.165) is 29.7 Å². The summed E-state index contributed by atoms with van der Waals surface area (Å²) in [6, 6.07) is 17.7. The molecule has 6 nitrogen and oxygen atoms in total. The van der Waals surface area contributed by atoms with Gasteiger partial charge in [0.1, 0.15) is 12.4 Å². The Bertz CT molecular complexity index is 1110. The fraction of sp³-hybridized carbons (Fsp3) is 0.280. The van der Waals surface area contributed by atoms with E-state index in [4.69, 9.17) is 15.2 Å². The van der Waals surface area contributed by atoms with Crippen molar-refractivity contribution in [3.05, 3.63) is 82.3 Å². The number of ether oxygens (including phenoxy) is 2. The van der Waals surface area contributed by atoms with Gasteiger partial charge in [0.25, 0.3) is 0 Å². The predicted molar refractivity (Wildman–Crippen MR) is 117 cm³/mol. The molecule has 0 unspecified atom stereocenters. The Morgan fingerprint density at radius 1 is 1.16 bits per heavy atom. The quantitative estimate of drug-likeness (QED) is 0.794. The second-order valence-electron chi connectivity index (χ2n) is 7.72. The van der Waals surface area contributed by atoms with Crippen LogP contribution in [-0.4, -0.2) is 24.8 Å². The smallest absolute Gasteiger partial charge is 0.161 e. The van der Waals surface area contributed by atoms with Gasteiger partial charge in [0.15, 0.2) is 17.3 Å². The van der Waals surface area contributed by atoms with E-state index in [-0.39, 0.29) is 5.78 Å². The molecule has 0 saturated carbocycles. The minimum absolute atomic E-state index is 0.0710. The van der Waals surface area contributed by atoms with E-state index in [9.17, 15) is 10.1 Å². The maximum Gasteiger partial charge on any atom is 0.161 e. The lowest BCUT2D eigenvalue weighted by atomic mass is 9.76. The minimum Gasteiger partial charge on any atom is -0.493 e. The molecule has 2 aromatic rings. The SMILES string of the molecule is COc1cc([C@H]2C(C#N)=C(N)N(C)C3=C2C(=O)CCC3)ccc1OCc1ccccc1. The zero-order valence-corrected chi connectivity index (χ0v) is 17.7. The molecule has 158 valence electrons. The molecule has 1 atom stereocenters. The summed E-state index contributed by atoms with van der Waals surface area (Å²) in [5, 5.41) is 9.87. The molecule has 0 fully saturated rings. The van der Waals surface area contributed by atoms with Crippen LogP contribution in [0.5, 0.6) is 11.5 Å². The van der Waals surface area contributed by atoms with E-state index in [1.807, 2.05) is 55.6 Å². The van der Waals surface area contributed by atoms with Crippen molar-refractivity contribution >= 4 is 5.78 Å². The lowest BCUT2D eigenvalue weighted by Gasteiger charge is -2.37. The third-order valence-corrected chi connectivity index (χ3v) is 5.93. The molecule has 1 aliphatic carbocycles. The summed E-state index contributed by atoms with van der Waals surface area (Å²) in [6.07, 6.45) is 2.04. The largest absolute Gasteiger partial charge is 0.493 e.